The van der Waals surface area contributed by atoms with Gasteiger partial charge >= 0.3 is 0 Å². The fourth-order valence-corrected chi connectivity index (χ4v) is 4.33. The molecule has 2 aromatic rings. The Morgan fingerprint density at radius 2 is 1.84 bits per heavy atom. The third-order valence-corrected chi connectivity index (χ3v) is 6.61. The second-order valence-electron chi connectivity index (χ2n) is 6.20. The van der Waals surface area contributed by atoms with Crippen LogP contribution in [0.25, 0.3) is 0 Å². The highest BCUT2D eigenvalue weighted by Gasteiger charge is 2.38. The lowest BCUT2D eigenvalue weighted by Gasteiger charge is -2.37. The Bertz CT molecular complexity index is 979. The molecule has 1 fully saturated rings. The number of hydrogen-bond donors (Lipinski definition) is 0. The molecule has 1 aromatic carbocycles. The van der Waals surface area contributed by atoms with Crippen molar-refractivity contribution in [1.29, 1.82) is 0 Å². The fraction of sp³-hybridized carbons (Fsp3) is 0.353. The lowest BCUT2D eigenvalue weighted by atomic mass is 10.2. The summed E-state index contributed by atoms with van der Waals surface area (Å²) in [5, 5.41) is 0.421. The lowest BCUT2D eigenvalue weighted by molar-refractivity contribution is 0.0759. The average molecular weight is 383 g/mol. The molecule has 25 heavy (non-hydrogen) atoms. The molecule has 0 atom stereocenters. The molecule has 0 radical (unpaired) electrons. The van der Waals surface area contributed by atoms with Crippen LogP contribution in [-0.2, 0) is 17.1 Å². The topological polar surface area (TPSA) is 68.6 Å². The van der Waals surface area contributed by atoms with Crippen LogP contribution in [0.4, 0.5) is 0 Å². The molecule has 134 valence electrons. The maximum atomic E-state index is 12.6. The molecule has 0 aliphatic carbocycles. The van der Waals surface area contributed by atoms with Crippen molar-refractivity contribution in [2.75, 3.05) is 13.1 Å². The molecular formula is C17H19ClN2O4S. The first kappa shape index (κ1) is 18.0. The van der Waals surface area contributed by atoms with Crippen LogP contribution in [-0.4, -0.2) is 36.5 Å². The van der Waals surface area contributed by atoms with Gasteiger partial charge in [-0.25, -0.2) is 8.42 Å². The van der Waals surface area contributed by atoms with Crippen LogP contribution in [0.2, 0.25) is 5.02 Å². The molecule has 1 aliphatic heterocycles. The van der Waals surface area contributed by atoms with Crippen molar-refractivity contribution < 1.29 is 13.2 Å². The van der Waals surface area contributed by atoms with Gasteiger partial charge in [0.2, 0.25) is 10.0 Å². The van der Waals surface area contributed by atoms with Crippen LogP contribution in [0.1, 0.15) is 11.3 Å². The van der Waals surface area contributed by atoms with Crippen LogP contribution < -0.4 is 10.3 Å². The monoisotopic (exact) mass is 382 g/mol. The number of hydrogen-bond acceptors (Lipinski definition) is 4. The summed E-state index contributed by atoms with van der Waals surface area (Å²) >= 11 is 6.02. The van der Waals surface area contributed by atoms with Crippen molar-refractivity contribution in [2.24, 2.45) is 7.05 Å². The van der Waals surface area contributed by atoms with E-state index in [-0.39, 0.29) is 29.6 Å². The number of aryl methyl sites for hydroxylation is 2. The minimum Gasteiger partial charge on any atom is -0.487 e. The zero-order valence-electron chi connectivity index (χ0n) is 14.2. The van der Waals surface area contributed by atoms with Crippen LogP contribution in [0.5, 0.6) is 5.75 Å². The van der Waals surface area contributed by atoms with Crippen molar-refractivity contribution in [3.63, 3.8) is 0 Å². The van der Waals surface area contributed by atoms with Gasteiger partial charge in [-0.15, -0.1) is 0 Å². The summed E-state index contributed by atoms with van der Waals surface area (Å²) in [6.07, 6.45) is -0.276. The van der Waals surface area contributed by atoms with Gasteiger partial charge in [0.15, 0.2) is 0 Å². The van der Waals surface area contributed by atoms with E-state index in [0.29, 0.717) is 10.8 Å². The molecule has 1 aliphatic rings. The SMILES string of the molecule is Cc1ccc(S(=O)(=O)N2CC(Oc3cc(C)n(C)c(=O)c3)C2)cc1Cl. The van der Waals surface area contributed by atoms with Gasteiger partial charge in [-0.2, -0.15) is 4.31 Å². The third-order valence-electron chi connectivity index (χ3n) is 4.37. The first-order chi connectivity index (χ1) is 11.7. The number of rotatable bonds is 4. The van der Waals surface area contributed by atoms with E-state index >= 15 is 0 Å². The fourth-order valence-electron chi connectivity index (χ4n) is 2.55. The van der Waals surface area contributed by atoms with Crippen LogP contribution >= 0.6 is 11.6 Å². The highest BCUT2D eigenvalue weighted by Crippen LogP contribution is 2.27. The van der Waals surface area contributed by atoms with Crippen LogP contribution in [0.3, 0.4) is 0 Å². The maximum Gasteiger partial charge on any atom is 0.254 e. The Balaban J connectivity index is 1.69. The Hall–Kier alpha value is -1.83. The van der Waals surface area contributed by atoms with Gasteiger partial charge in [0.1, 0.15) is 11.9 Å². The standard InChI is InChI=1S/C17H19ClN2O4S/c1-11-4-5-15(8-16(11)18)25(22,23)20-9-14(10-20)24-13-6-12(2)19(3)17(21)7-13/h4-8,14H,9-10H2,1-3H3. The second kappa shape index (κ2) is 6.48. The first-order valence-corrected chi connectivity index (χ1v) is 9.61. The highest BCUT2D eigenvalue weighted by molar-refractivity contribution is 7.89. The van der Waals surface area contributed by atoms with Crippen molar-refractivity contribution >= 4 is 21.6 Å². The van der Waals surface area contributed by atoms with Gasteiger partial charge in [0, 0.05) is 23.8 Å². The van der Waals surface area contributed by atoms with E-state index in [4.69, 9.17) is 16.3 Å². The zero-order valence-corrected chi connectivity index (χ0v) is 15.8. The van der Waals surface area contributed by atoms with Gasteiger partial charge < -0.3 is 9.30 Å². The number of pyridine rings is 1. The van der Waals surface area contributed by atoms with Gasteiger partial charge in [-0.3, -0.25) is 4.79 Å². The number of sulfonamides is 1. The predicted molar refractivity (Wildman–Crippen MR) is 95.8 cm³/mol. The Morgan fingerprint density at radius 1 is 1.16 bits per heavy atom. The van der Waals surface area contributed by atoms with E-state index in [9.17, 15) is 13.2 Å². The third kappa shape index (κ3) is 3.44. The second-order valence-corrected chi connectivity index (χ2v) is 8.55. The van der Waals surface area contributed by atoms with Crippen molar-refractivity contribution in [2.45, 2.75) is 24.8 Å². The molecular weight excluding hydrogens is 364 g/mol. The zero-order chi connectivity index (χ0) is 18.4. The molecule has 0 spiro atoms. The molecule has 6 nitrogen and oxygen atoms in total. The normalized spacial score (nSPS) is 15.8. The Morgan fingerprint density at radius 3 is 2.44 bits per heavy atom. The molecule has 0 unspecified atom stereocenters. The first-order valence-electron chi connectivity index (χ1n) is 7.79. The van der Waals surface area contributed by atoms with Gasteiger partial charge in [0.05, 0.1) is 18.0 Å². The van der Waals surface area contributed by atoms with E-state index in [1.165, 1.54) is 21.0 Å². The number of aromatic nitrogens is 1. The average Bonchev–Trinajstić information content (AvgIpc) is 2.50. The van der Waals surface area contributed by atoms with Crippen LogP contribution in [0, 0.1) is 13.8 Å². The summed E-state index contributed by atoms with van der Waals surface area (Å²) in [4.78, 5) is 12.0. The molecule has 0 N–H and O–H groups in total. The van der Waals surface area contributed by atoms with Crippen LogP contribution in [0.15, 0.2) is 40.0 Å². The predicted octanol–water partition coefficient (Wildman–Crippen LogP) is 2.11. The van der Waals surface area contributed by atoms with E-state index in [2.05, 4.69) is 0 Å². The van der Waals surface area contributed by atoms with E-state index in [1.807, 2.05) is 13.8 Å². The highest BCUT2D eigenvalue weighted by atomic mass is 35.5. The van der Waals surface area contributed by atoms with Gasteiger partial charge in [-0.1, -0.05) is 17.7 Å². The van der Waals surface area contributed by atoms with E-state index < -0.39 is 10.0 Å². The molecule has 3 rings (SSSR count). The summed E-state index contributed by atoms with van der Waals surface area (Å²) < 4.78 is 33.8. The Labute approximate surface area is 151 Å². The lowest BCUT2D eigenvalue weighted by Crippen LogP contribution is -2.56. The van der Waals surface area contributed by atoms with Crippen molar-refractivity contribution in [3.8, 4) is 5.75 Å². The van der Waals surface area contributed by atoms with E-state index in [0.717, 1.165) is 11.3 Å². The number of nitrogens with zero attached hydrogens (tertiary/aromatic N) is 2. The largest absolute Gasteiger partial charge is 0.487 e. The van der Waals surface area contributed by atoms with Crippen molar-refractivity contribution in [1.82, 2.24) is 8.87 Å². The maximum absolute atomic E-state index is 12.6. The minimum absolute atomic E-state index is 0.159. The molecule has 1 saturated heterocycles. The molecule has 2 heterocycles. The summed E-state index contributed by atoms with van der Waals surface area (Å²) in [5.74, 6) is 0.459. The molecule has 1 aromatic heterocycles. The van der Waals surface area contributed by atoms with E-state index in [1.54, 1.807) is 25.2 Å². The van der Waals surface area contributed by atoms with Gasteiger partial charge in [0.25, 0.3) is 5.56 Å². The number of benzene rings is 1. The summed E-state index contributed by atoms with van der Waals surface area (Å²) in [5.41, 5.74) is 1.44. The number of halogens is 1. The smallest absolute Gasteiger partial charge is 0.254 e. The van der Waals surface area contributed by atoms with Gasteiger partial charge in [-0.05, 0) is 37.6 Å². The summed E-state index contributed by atoms with van der Waals surface area (Å²) in [7, 11) is -1.90. The quantitative estimate of drug-likeness (QED) is 0.812. The molecule has 8 heteroatoms. The van der Waals surface area contributed by atoms with Crippen molar-refractivity contribution in [3.05, 3.63) is 57.0 Å². The summed E-state index contributed by atoms with van der Waals surface area (Å²) in [6.45, 7) is 4.11. The molecule has 0 saturated carbocycles. The number of ether oxygens (including phenoxy) is 1. The molecule has 0 bridgehead atoms. The Kier molecular flexibility index (Phi) is 4.66. The molecule has 0 amide bonds. The summed E-state index contributed by atoms with van der Waals surface area (Å²) in [6, 6.07) is 7.87. The minimum atomic E-state index is -3.59.